The van der Waals surface area contributed by atoms with Crippen LogP contribution in [-0.2, 0) is 16.9 Å². The summed E-state index contributed by atoms with van der Waals surface area (Å²) in [4.78, 5) is 25.2. The molecule has 1 amide bonds. The molecule has 4 rings (SSSR count). The van der Waals surface area contributed by atoms with Gasteiger partial charge in [-0.25, -0.2) is 8.42 Å². The number of rotatable bonds is 8. The number of hydrogen-bond acceptors (Lipinski definition) is 7. The van der Waals surface area contributed by atoms with Crippen LogP contribution in [0.1, 0.15) is 43.0 Å². The molecule has 0 radical (unpaired) electrons. The molecule has 2 aliphatic carbocycles. The average molecular weight is 433 g/mol. The van der Waals surface area contributed by atoms with E-state index in [0.29, 0.717) is 36.6 Å². The topological polar surface area (TPSA) is 120 Å². The molecule has 2 aliphatic rings. The van der Waals surface area contributed by atoms with Gasteiger partial charge in [0, 0.05) is 19.0 Å². The second-order valence-corrected chi connectivity index (χ2v) is 10.9. The number of pyridine rings is 1. The van der Waals surface area contributed by atoms with Crippen LogP contribution >= 0.6 is 0 Å². The fourth-order valence-corrected chi connectivity index (χ4v) is 5.84. The van der Waals surface area contributed by atoms with E-state index in [1.54, 1.807) is 6.92 Å². The van der Waals surface area contributed by atoms with Crippen molar-refractivity contribution in [3.63, 3.8) is 0 Å². The summed E-state index contributed by atoms with van der Waals surface area (Å²) in [6, 6.07) is 1.45. The molecule has 0 bridgehead atoms. The molecule has 160 valence electrons. The maximum absolute atomic E-state index is 12.8. The lowest BCUT2D eigenvalue weighted by atomic mass is 10.2. The highest BCUT2D eigenvalue weighted by Gasteiger charge is 2.60. The number of nitrogens with one attached hydrogen (secondary N) is 1. The highest BCUT2D eigenvalue weighted by Crippen LogP contribution is 2.50. The van der Waals surface area contributed by atoms with E-state index in [-0.39, 0.29) is 29.8 Å². The quantitative estimate of drug-likeness (QED) is 0.621. The summed E-state index contributed by atoms with van der Waals surface area (Å²) in [6.07, 6.45) is 3.99. The molecule has 0 atom stereocenters. The Morgan fingerprint density at radius 1 is 1.40 bits per heavy atom. The van der Waals surface area contributed by atoms with Crippen LogP contribution in [-0.4, -0.2) is 52.2 Å². The van der Waals surface area contributed by atoms with Crippen LogP contribution in [0.3, 0.4) is 0 Å². The summed E-state index contributed by atoms with van der Waals surface area (Å²) >= 11 is 0. The van der Waals surface area contributed by atoms with Gasteiger partial charge < -0.3 is 14.6 Å². The number of hydrogen-bond donors (Lipinski definition) is 1. The Kier molecular flexibility index (Phi) is 4.92. The van der Waals surface area contributed by atoms with E-state index in [9.17, 15) is 18.0 Å². The minimum absolute atomic E-state index is 0.0192. The van der Waals surface area contributed by atoms with Gasteiger partial charge in [-0.2, -0.15) is 5.10 Å². The van der Waals surface area contributed by atoms with Crippen molar-refractivity contribution < 1.29 is 17.9 Å². The Bertz CT molecular complexity index is 1210. The summed E-state index contributed by atoms with van der Waals surface area (Å²) < 4.78 is 31.6. The van der Waals surface area contributed by atoms with Gasteiger partial charge in [0.05, 0.1) is 11.4 Å². The van der Waals surface area contributed by atoms with E-state index in [4.69, 9.17) is 4.74 Å². The normalized spacial score (nSPS) is 17.5. The third-order valence-corrected chi connectivity index (χ3v) is 8.72. The second kappa shape index (κ2) is 7.19. The molecular weight excluding hydrogens is 408 g/mol. The van der Waals surface area contributed by atoms with Gasteiger partial charge >= 0.3 is 0 Å². The van der Waals surface area contributed by atoms with Gasteiger partial charge in [-0.15, -0.1) is 5.10 Å². The van der Waals surface area contributed by atoms with Gasteiger partial charge in [0.2, 0.25) is 0 Å². The first-order chi connectivity index (χ1) is 14.2. The number of fused-ring (bicyclic) bond motifs is 1. The molecule has 30 heavy (non-hydrogen) atoms. The third-order valence-electron chi connectivity index (χ3n) is 5.63. The number of aryl methyl sites for hydroxylation is 1. The van der Waals surface area contributed by atoms with Crippen LogP contribution in [0, 0.1) is 0 Å². The van der Waals surface area contributed by atoms with Crippen molar-refractivity contribution in [2.24, 2.45) is 7.05 Å². The van der Waals surface area contributed by atoms with Crippen molar-refractivity contribution >= 4 is 26.6 Å². The van der Waals surface area contributed by atoms with E-state index < -0.39 is 26.1 Å². The SMILES string of the molecule is C=C(C)CNC(=O)c1cc2cnnc(OCC3(S(=O)(=O)C4CC4)CC3)c2n(C)c1=O. The van der Waals surface area contributed by atoms with E-state index in [0.717, 1.165) is 5.57 Å². The second-order valence-electron chi connectivity index (χ2n) is 8.23. The molecule has 2 aromatic rings. The first-order valence-electron chi connectivity index (χ1n) is 9.80. The monoisotopic (exact) mass is 432 g/mol. The van der Waals surface area contributed by atoms with Crippen molar-refractivity contribution in [1.29, 1.82) is 0 Å². The fraction of sp³-hybridized carbons (Fsp3) is 0.500. The largest absolute Gasteiger partial charge is 0.473 e. The van der Waals surface area contributed by atoms with Crippen LogP contribution in [0.5, 0.6) is 5.88 Å². The summed E-state index contributed by atoms with van der Waals surface area (Å²) in [5.41, 5.74) is 0.593. The summed E-state index contributed by atoms with van der Waals surface area (Å²) in [7, 11) is -1.71. The predicted octanol–water partition coefficient (Wildman–Crippen LogP) is 1.12. The molecule has 0 spiro atoms. The minimum atomic E-state index is -3.23. The molecule has 0 unspecified atom stereocenters. The lowest BCUT2D eigenvalue weighted by molar-refractivity contribution is 0.0955. The van der Waals surface area contributed by atoms with Crippen LogP contribution in [0.25, 0.3) is 10.9 Å². The molecule has 2 heterocycles. The zero-order valence-electron chi connectivity index (χ0n) is 17.0. The van der Waals surface area contributed by atoms with E-state index >= 15 is 0 Å². The number of sulfone groups is 1. The molecule has 2 saturated carbocycles. The van der Waals surface area contributed by atoms with Crippen molar-refractivity contribution in [3.8, 4) is 5.88 Å². The van der Waals surface area contributed by atoms with Gasteiger partial charge in [-0.05, 0) is 38.7 Å². The van der Waals surface area contributed by atoms with Crippen LogP contribution in [0.4, 0.5) is 0 Å². The Hall–Kier alpha value is -2.75. The fourth-order valence-electron chi connectivity index (χ4n) is 3.49. The van der Waals surface area contributed by atoms with Gasteiger partial charge in [0.1, 0.15) is 22.4 Å². The standard InChI is InChI=1S/C20H24N4O5S/c1-12(2)9-21-17(25)15-8-13-10-22-23-18(16(13)24(3)19(15)26)29-11-20(6-7-20)30(27,28)14-4-5-14/h8,10,14H,1,4-7,9,11H2,2-3H3,(H,21,25). The summed E-state index contributed by atoms with van der Waals surface area (Å²) in [5.74, 6) is -0.425. The number of carbonyl (C=O) groups is 1. The third kappa shape index (κ3) is 3.49. The Morgan fingerprint density at radius 2 is 2.10 bits per heavy atom. The molecule has 1 N–H and O–H groups in total. The Morgan fingerprint density at radius 3 is 2.70 bits per heavy atom. The smallest absolute Gasteiger partial charge is 0.263 e. The van der Waals surface area contributed by atoms with Crippen LogP contribution in [0.15, 0.2) is 29.2 Å². The lowest BCUT2D eigenvalue weighted by Gasteiger charge is -2.17. The van der Waals surface area contributed by atoms with Crippen molar-refractivity contribution in [1.82, 2.24) is 20.1 Å². The number of nitrogens with zero attached hydrogens (tertiary/aromatic N) is 3. The van der Waals surface area contributed by atoms with Crippen LogP contribution in [0.2, 0.25) is 0 Å². The maximum Gasteiger partial charge on any atom is 0.263 e. The maximum atomic E-state index is 12.8. The first kappa shape index (κ1) is 20.5. The van der Waals surface area contributed by atoms with E-state index in [2.05, 4.69) is 22.1 Å². The van der Waals surface area contributed by atoms with Crippen LogP contribution < -0.4 is 15.6 Å². The molecule has 10 heteroatoms. The number of aromatic nitrogens is 3. The van der Waals surface area contributed by atoms with E-state index in [1.807, 2.05) is 0 Å². The molecule has 0 saturated heterocycles. The first-order valence-corrected chi connectivity index (χ1v) is 11.4. The van der Waals surface area contributed by atoms with Gasteiger partial charge in [-0.3, -0.25) is 9.59 Å². The number of ether oxygens (including phenoxy) is 1. The highest BCUT2D eigenvalue weighted by molar-refractivity contribution is 7.94. The molecule has 0 aliphatic heterocycles. The molecule has 2 aromatic heterocycles. The molecule has 0 aromatic carbocycles. The Balaban J connectivity index is 1.64. The number of amides is 1. The Labute approximate surface area is 174 Å². The van der Waals surface area contributed by atoms with Gasteiger partial charge in [0.15, 0.2) is 9.84 Å². The average Bonchev–Trinajstić information content (AvgIpc) is 3.60. The zero-order valence-corrected chi connectivity index (χ0v) is 17.8. The molecule has 2 fully saturated rings. The van der Waals surface area contributed by atoms with Gasteiger partial charge in [0.25, 0.3) is 17.3 Å². The summed E-state index contributed by atoms with van der Waals surface area (Å²) in [5, 5.41) is 10.8. The predicted molar refractivity (Wildman–Crippen MR) is 111 cm³/mol. The van der Waals surface area contributed by atoms with Gasteiger partial charge in [-0.1, -0.05) is 12.2 Å². The van der Waals surface area contributed by atoms with Crippen molar-refractivity contribution in [2.75, 3.05) is 13.2 Å². The highest BCUT2D eigenvalue weighted by atomic mass is 32.2. The number of carbonyl (C=O) groups excluding carboxylic acids is 1. The van der Waals surface area contributed by atoms with Crippen molar-refractivity contribution in [2.45, 2.75) is 42.6 Å². The minimum Gasteiger partial charge on any atom is -0.473 e. The molecular formula is C20H24N4O5S. The summed E-state index contributed by atoms with van der Waals surface area (Å²) in [6.45, 7) is 5.74. The zero-order chi connectivity index (χ0) is 21.7. The molecule has 9 nitrogen and oxygen atoms in total. The van der Waals surface area contributed by atoms with E-state index in [1.165, 1.54) is 23.9 Å². The van der Waals surface area contributed by atoms with Crippen molar-refractivity contribution in [3.05, 3.63) is 40.3 Å². The lowest BCUT2D eigenvalue weighted by Crippen LogP contribution is -2.34.